The molecule has 1 unspecified atom stereocenters. The van der Waals surface area contributed by atoms with Gasteiger partial charge in [-0.1, -0.05) is 24.3 Å². The van der Waals surface area contributed by atoms with Crippen LogP contribution >= 0.6 is 0 Å². The molecule has 0 fully saturated rings. The molecular formula is C21H28N4O2. The van der Waals surface area contributed by atoms with E-state index >= 15 is 0 Å². The van der Waals surface area contributed by atoms with E-state index in [1.165, 1.54) is 11.1 Å². The Morgan fingerprint density at radius 3 is 2.70 bits per heavy atom. The first-order valence-electron chi connectivity index (χ1n) is 9.42. The molecule has 144 valence electrons. The molecule has 1 N–H and O–H groups in total. The van der Waals surface area contributed by atoms with Crippen LogP contribution in [0, 0.1) is 13.8 Å². The van der Waals surface area contributed by atoms with Gasteiger partial charge in [0.25, 0.3) is 0 Å². The van der Waals surface area contributed by atoms with Crippen LogP contribution in [0.25, 0.3) is 0 Å². The summed E-state index contributed by atoms with van der Waals surface area (Å²) in [6, 6.07) is 8.86. The number of hydrogen-bond donors (Lipinski definition) is 1. The molecule has 1 amide bonds. The maximum Gasteiger partial charge on any atom is 0.345 e. The van der Waals surface area contributed by atoms with E-state index in [0.717, 1.165) is 24.2 Å². The fourth-order valence-corrected chi connectivity index (χ4v) is 3.89. The molecule has 1 aliphatic rings. The Bertz CT molecular complexity index is 864. The summed E-state index contributed by atoms with van der Waals surface area (Å²) in [6.07, 6.45) is 1.97. The van der Waals surface area contributed by atoms with Crippen LogP contribution in [-0.2, 0) is 24.2 Å². The minimum Gasteiger partial charge on any atom is -0.344 e. The van der Waals surface area contributed by atoms with Crippen molar-refractivity contribution in [3.8, 4) is 0 Å². The predicted molar refractivity (Wildman–Crippen MR) is 106 cm³/mol. The van der Waals surface area contributed by atoms with E-state index in [-0.39, 0.29) is 11.6 Å². The number of benzene rings is 1. The number of H-pyrrole nitrogens is 1. The number of aryl methyl sites for hydroxylation is 2. The molecule has 1 aromatic carbocycles. The van der Waals surface area contributed by atoms with Crippen molar-refractivity contribution in [3.05, 3.63) is 62.8 Å². The molecule has 6 nitrogen and oxygen atoms in total. The molecule has 1 aromatic heterocycles. The number of hydrogen-bond acceptors (Lipinski definition) is 4. The smallest absolute Gasteiger partial charge is 0.344 e. The Kier molecular flexibility index (Phi) is 5.75. The molecule has 2 aromatic rings. The maximum absolute atomic E-state index is 12.6. The fraction of sp³-hybridized carbons (Fsp3) is 0.476. The van der Waals surface area contributed by atoms with Gasteiger partial charge in [0.05, 0.1) is 0 Å². The Balaban J connectivity index is 1.59. The molecule has 0 aliphatic carbocycles. The number of nitrogens with one attached hydrogen (secondary N) is 1. The molecule has 0 radical (unpaired) electrons. The summed E-state index contributed by atoms with van der Waals surface area (Å²) in [5, 5.41) is 0. The summed E-state index contributed by atoms with van der Waals surface area (Å²) >= 11 is 0. The van der Waals surface area contributed by atoms with E-state index in [2.05, 4.69) is 46.2 Å². The molecule has 27 heavy (non-hydrogen) atoms. The number of likely N-dealkylation sites (N-methyl/N-ethyl adjacent to an activating group) is 2. The first-order chi connectivity index (χ1) is 12.8. The van der Waals surface area contributed by atoms with Crippen LogP contribution in [-0.4, -0.2) is 52.4 Å². The monoisotopic (exact) mass is 368 g/mol. The summed E-state index contributed by atoms with van der Waals surface area (Å²) in [5.74, 6) is 0.118. The van der Waals surface area contributed by atoms with Crippen molar-refractivity contribution in [1.82, 2.24) is 19.8 Å². The Morgan fingerprint density at radius 2 is 2.00 bits per heavy atom. The summed E-state index contributed by atoms with van der Waals surface area (Å²) in [5.41, 5.74) is 4.88. The first kappa shape index (κ1) is 19.3. The number of aromatic nitrogens is 2. The predicted octanol–water partition coefficient (Wildman–Crippen LogP) is 1.83. The van der Waals surface area contributed by atoms with E-state index < -0.39 is 0 Å². The maximum atomic E-state index is 12.6. The third-order valence-electron chi connectivity index (χ3n) is 5.57. The second kappa shape index (κ2) is 8.05. The van der Waals surface area contributed by atoms with Crippen molar-refractivity contribution >= 4 is 5.91 Å². The molecule has 0 bridgehead atoms. The quantitative estimate of drug-likeness (QED) is 0.874. The van der Waals surface area contributed by atoms with Gasteiger partial charge in [-0.05, 0) is 50.4 Å². The highest BCUT2D eigenvalue weighted by atomic mass is 16.2. The Morgan fingerprint density at radius 1 is 1.30 bits per heavy atom. The van der Waals surface area contributed by atoms with Crippen LogP contribution in [0.2, 0.25) is 0 Å². The van der Waals surface area contributed by atoms with Crippen LogP contribution in [0.15, 0.2) is 29.1 Å². The lowest BCUT2D eigenvalue weighted by Gasteiger charge is -2.36. The van der Waals surface area contributed by atoms with Crippen molar-refractivity contribution in [2.45, 2.75) is 45.7 Å². The van der Waals surface area contributed by atoms with Gasteiger partial charge in [0.2, 0.25) is 5.91 Å². The molecule has 2 heterocycles. The number of amides is 1. The van der Waals surface area contributed by atoms with Crippen LogP contribution in [0.3, 0.4) is 0 Å². The molecule has 1 aliphatic heterocycles. The van der Waals surface area contributed by atoms with Crippen molar-refractivity contribution in [2.75, 3.05) is 20.6 Å². The minimum atomic E-state index is -0.335. The van der Waals surface area contributed by atoms with Gasteiger partial charge in [-0.3, -0.25) is 9.69 Å². The number of carbonyl (C=O) groups is 1. The number of rotatable bonds is 5. The van der Waals surface area contributed by atoms with Crippen molar-refractivity contribution in [1.29, 1.82) is 0 Å². The van der Waals surface area contributed by atoms with Crippen molar-refractivity contribution in [2.24, 2.45) is 0 Å². The highest BCUT2D eigenvalue weighted by molar-refractivity contribution is 5.76. The van der Waals surface area contributed by atoms with Crippen LogP contribution in [0.4, 0.5) is 0 Å². The fourth-order valence-electron chi connectivity index (χ4n) is 3.89. The SMILES string of the molecule is Cc1nc(=O)[nH]c(C)c1CCC(=O)N(C)CC1Cc2ccccc2CN1C. The van der Waals surface area contributed by atoms with Crippen molar-refractivity contribution < 1.29 is 4.79 Å². The normalized spacial score (nSPS) is 16.8. The van der Waals surface area contributed by atoms with Gasteiger partial charge < -0.3 is 9.88 Å². The lowest BCUT2D eigenvalue weighted by molar-refractivity contribution is -0.130. The van der Waals surface area contributed by atoms with Gasteiger partial charge >= 0.3 is 5.69 Å². The van der Waals surface area contributed by atoms with Crippen LogP contribution < -0.4 is 5.69 Å². The lowest BCUT2D eigenvalue weighted by Crippen LogP contribution is -2.46. The summed E-state index contributed by atoms with van der Waals surface area (Å²) in [6.45, 7) is 5.31. The highest BCUT2D eigenvalue weighted by Crippen LogP contribution is 2.22. The first-order valence-corrected chi connectivity index (χ1v) is 9.42. The summed E-state index contributed by atoms with van der Waals surface area (Å²) in [7, 11) is 4.00. The van der Waals surface area contributed by atoms with Gasteiger partial charge in [-0.15, -0.1) is 0 Å². The van der Waals surface area contributed by atoms with Gasteiger partial charge in [-0.25, -0.2) is 4.79 Å². The summed E-state index contributed by atoms with van der Waals surface area (Å²) in [4.78, 5) is 34.9. The molecule has 0 saturated heterocycles. The Labute approximate surface area is 160 Å². The second-order valence-corrected chi connectivity index (χ2v) is 7.55. The zero-order chi connectivity index (χ0) is 19.6. The molecular weight excluding hydrogens is 340 g/mol. The number of nitrogens with zero attached hydrogens (tertiary/aromatic N) is 3. The minimum absolute atomic E-state index is 0.118. The van der Waals surface area contributed by atoms with E-state index in [9.17, 15) is 9.59 Å². The zero-order valence-electron chi connectivity index (χ0n) is 16.6. The topological polar surface area (TPSA) is 69.3 Å². The van der Waals surface area contributed by atoms with Gasteiger partial charge in [0.15, 0.2) is 0 Å². The molecule has 6 heteroatoms. The average molecular weight is 368 g/mol. The standard InChI is InChI=1S/C21H28N4O2/c1-14-19(15(2)23-21(27)22-14)9-10-20(26)25(4)13-18-11-16-7-5-6-8-17(16)12-24(18)3/h5-8,18H,9-13H2,1-4H3,(H,22,23,27). The van der Waals surface area contributed by atoms with Crippen molar-refractivity contribution in [3.63, 3.8) is 0 Å². The third-order valence-corrected chi connectivity index (χ3v) is 5.57. The van der Waals surface area contributed by atoms with Gasteiger partial charge in [-0.2, -0.15) is 4.98 Å². The zero-order valence-corrected chi connectivity index (χ0v) is 16.6. The number of fused-ring (bicyclic) bond motifs is 1. The van der Waals surface area contributed by atoms with E-state index in [4.69, 9.17) is 0 Å². The molecule has 3 rings (SSSR count). The third kappa shape index (κ3) is 4.45. The highest BCUT2D eigenvalue weighted by Gasteiger charge is 2.25. The van der Waals surface area contributed by atoms with E-state index in [0.29, 0.717) is 31.1 Å². The largest absolute Gasteiger partial charge is 0.345 e. The average Bonchev–Trinajstić information content (AvgIpc) is 2.61. The number of carbonyl (C=O) groups excluding carboxylic acids is 1. The molecule has 0 spiro atoms. The lowest BCUT2D eigenvalue weighted by atomic mass is 9.94. The van der Waals surface area contributed by atoms with Crippen LogP contribution in [0.5, 0.6) is 0 Å². The molecule has 0 saturated carbocycles. The molecule has 1 atom stereocenters. The second-order valence-electron chi connectivity index (χ2n) is 7.55. The van der Waals surface area contributed by atoms with E-state index in [1.807, 2.05) is 25.8 Å². The van der Waals surface area contributed by atoms with Gasteiger partial charge in [0, 0.05) is 44.0 Å². The van der Waals surface area contributed by atoms with Crippen LogP contribution in [0.1, 0.15) is 34.5 Å². The van der Waals surface area contributed by atoms with E-state index in [1.54, 1.807) is 0 Å². The number of aromatic amines is 1. The Hall–Kier alpha value is -2.47. The summed E-state index contributed by atoms with van der Waals surface area (Å²) < 4.78 is 0. The van der Waals surface area contributed by atoms with Gasteiger partial charge in [0.1, 0.15) is 0 Å².